The molecule has 0 bridgehead atoms. The van der Waals surface area contributed by atoms with Gasteiger partial charge in [0.15, 0.2) is 0 Å². The number of hydrogen-bond donors (Lipinski definition) is 0. The maximum atomic E-state index is 13.7. The first kappa shape index (κ1) is 23.9. The van der Waals surface area contributed by atoms with Crippen molar-refractivity contribution in [2.45, 2.75) is 13.8 Å². The minimum absolute atomic E-state index is 0.0293. The SMILES string of the molecule is Cc1ccccc1C(=O)[S][Sn]([S]C(=O)c1ccccc1C)([c]1ccccc1)[c]1ccccc1. The molecular weight excluding hydrogens is 551 g/mol. The van der Waals surface area contributed by atoms with Gasteiger partial charge in [0.2, 0.25) is 0 Å². The summed E-state index contributed by atoms with van der Waals surface area (Å²) in [6.07, 6.45) is 0. The zero-order valence-corrected chi connectivity index (χ0v) is 23.0. The van der Waals surface area contributed by atoms with Crippen LogP contribution in [0.1, 0.15) is 31.8 Å². The van der Waals surface area contributed by atoms with Crippen molar-refractivity contribution in [3.05, 3.63) is 131 Å². The van der Waals surface area contributed by atoms with E-state index in [1.807, 2.05) is 98.8 Å². The summed E-state index contributed by atoms with van der Waals surface area (Å²) in [7, 11) is 2.82. The number of carbonyl (C=O) groups is 2. The van der Waals surface area contributed by atoms with E-state index in [0.29, 0.717) is 11.1 Å². The van der Waals surface area contributed by atoms with Crippen LogP contribution in [-0.2, 0) is 0 Å². The third-order valence-corrected chi connectivity index (χ3v) is 30.9. The Labute approximate surface area is 204 Å². The fraction of sp³-hybridized carbons (Fsp3) is 0.0714. The fourth-order valence-corrected chi connectivity index (χ4v) is 28.3. The van der Waals surface area contributed by atoms with Crippen LogP contribution in [0.15, 0.2) is 109 Å². The van der Waals surface area contributed by atoms with E-state index in [2.05, 4.69) is 24.3 Å². The Bertz CT molecular complexity index is 1170. The first-order valence-corrected chi connectivity index (χ1v) is 22.2. The quantitative estimate of drug-likeness (QED) is 0.264. The molecule has 0 saturated heterocycles. The zero-order chi connectivity index (χ0) is 23.3. The van der Waals surface area contributed by atoms with E-state index in [-0.39, 0.29) is 10.2 Å². The molecule has 0 aromatic heterocycles. The molecule has 0 aliphatic carbocycles. The normalized spacial score (nSPS) is 11.2. The first-order valence-electron chi connectivity index (χ1n) is 10.7. The van der Waals surface area contributed by atoms with Gasteiger partial charge in [0.25, 0.3) is 0 Å². The molecule has 33 heavy (non-hydrogen) atoms. The van der Waals surface area contributed by atoms with Gasteiger partial charge in [-0.25, -0.2) is 0 Å². The van der Waals surface area contributed by atoms with Crippen molar-refractivity contribution >= 4 is 50.9 Å². The fourth-order valence-electron chi connectivity index (χ4n) is 3.71. The van der Waals surface area contributed by atoms with Gasteiger partial charge in [0.1, 0.15) is 0 Å². The summed E-state index contributed by atoms with van der Waals surface area (Å²) in [6, 6.07) is 35.7. The van der Waals surface area contributed by atoms with Gasteiger partial charge in [0.05, 0.1) is 0 Å². The number of aryl methyl sites for hydroxylation is 2. The summed E-state index contributed by atoms with van der Waals surface area (Å²) in [5, 5.41) is 0.0587. The Hall–Kier alpha value is -2.28. The van der Waals surface area contributed by atoms with Crippen molar-refractivity contribution in [3.63, 3.8) is 0 Å². The standard InChI is InChI=1S/2C8H8OS.2C6H5.Sn/c2*1-6-4-2-3-5-7(6)8(9)10;2*1-2-4-6-5-3-1;/h2*2-5H,1H3,(H,9,10);2*1-5H;/q;;;;+2/p-2. The summed E-state index contributed by atoms with van der Waals surface area (Å²) in [5.41, 5.74) is 3.32. The Balaban J connectivity index is 1.87. The molecule has 0 spiro atoms. The van der Waals surface area contributed by atoms with E-state index in [1.165, 1.54) is 17.9 Å². The van der Waals surface area contributed by atoms with Crippen molar-refractivity contribution < 1.29 is 9.59 Å². The third kappa shape index (κ3) is 5.29. The predicted molar refractivity (Wildman–Crippen MR) is 144 cm³/mol. The summed E-state index contributed by atoms with van der Waals surface area (Å²) in [6.45, 7) is 3.92. The van der Waals surface area contributed by atoms with E-state index in [0.717, 1.165) is 18.3 Å². The number of carbonyl (C=O) groups excluding carboxylic acids is 2. The van der Waals surface area contributed by atoms with E-state index < -0.39 is 15.6 Å². The minimum atomic E-state index is -3.98. The summed E-state index contributed by atoms with van der Waals surface area (Å²) in [4.78, 5) is 27.4. The van der Waals surface area contributed by atoms with Crippen molar-refractivity contribution in [2.24, 2.45) is 0 Å². The first-order chi connectivity index (χ1) is 16.0. The van der Waals surface area contributed by atoms with Crippen LogP contribution in [0.25, 0.3) is 0 Å². The van der Waals surface area contributed by atoms with Crippen molar-refractivity contribution in [1.29, 1.82) is 0 Å². The van der Waals surface area contributed by atoms with Crippen molar-refractivity contribution in [2.75, 3.05) is 0 Å². The second-order valence-corrected chi connectivity index (χ2v) is 29.2. The van der Waals surface area contributed by atoms with Gasteiger partial charge in [-0.3, -0.25) is 0 Å². The Morgan fingerprint density at radius 3 is 1.21 bits per heavy atom. The molecule has 0 saturated carbocycles. The second-order valence-electron chi connectivity index (χ2n) is 7.76. The van der Waals surface area contributed by atoms with Crippen LogP contribution in [0.4, 0.5) is 0 Å². The van der Waals surface area contributed by atoms with Crippen LogP contribution in [0.2, 0.25) is 0 Å². The summed E-state index contributed by atoms with van der Waals surface area (Å²) in [5.74, 6) is 0. The van der Waals surface area contributed by atoms with Crippen molar-refractivity contribution in [1.82, 2.24) is 0 Å². The van der Waals surface area contributed by atoms with Gasteiger partial charge in [0, 0.05) is 0 Å². The number of benzene rings is 4. The molecule has 4 rings (SSSR count). The Morgan fingerprint density at radius 1 is 0.515 bits per heavy atom. The van der Waals surface area contributed by atoms with E-state index in [1.54, 1.807) is 0 Å². The summed E-state index contributed by atoms with van der Waals surface area (Å²) >= 11 is -3.98. The maximum absolute atomic E-state index is 13.7. The molecular formula is C28H24O2S2Sn. The molecule has 0 radical (unpaired) electrons. The van der Waals surface area contributed by atoms with Gasteiger partial charge in [-0.1, -0.05) is 0 Å². The molecule has 0 aliphatic heterocycles. The van der Waals surface area contributed by atoms with Crippen LogP contribution in [0.3, 0.4) is 0 Å². The Morgan fingerprint density at radius 2 is 0.848 bits per heavy atom. The number of rotatable bonds is 6. The predicted octanol–water partition coefficient (Wildman–Crippen LogP) is 6.01. The van der Waals surface area contributed by atoms with Gasteiger partial charge in [-0.15, -0.1) is 0 Å². The summed E-state index contributed by atoms with van der Waals surface area (Å²) < 4.78 is 2.22. The van der Waals surface area contributed by atoms with Crippen LogP contribution in [0, 0.1) is 13.8 Å². The van der Waals surface area contributed by atoms with Crippen LogP contribution < -0.4 is 7.16 Å². The van der Waals surface area contributed by atoms with Crippen molar-refractivity contribution in [3.8, 4) is 0 Å². The number of hydrogen-bond acceptors (Lipinski definition) is 4. The molecule has 0 amide bonds. The van der Waals surface area contributed by atoms with Gasteiger partial charge in [-0.05, 0) is 0 Å². The topological polar surface area (TPSA) is 34.1 Å². The molecule has 0 heterocycles. The van der Waals surface area contributed by atoms with Gasteiger partial charge in [-0.2, -0.15) is 0 Å². The molecule has 0 N–H and O–H groups in total. The zero-order valence-electron chi connectivity index (χ0n) is 18.5. The van der Waals surface area contributed by atoms with Crippen LogP contribution >= 0.6 is 17.9 Å². The molecule has 4 aromatic rings. The van der Waals surface area contributed by atoms with Crippen LogP contribution in [0.5, 0.6) is 0 Å². The average molecular weight is 575 g/mol. The molecule has 0 unspecified atom stereocenters. The molecule has 0 atom stereocenters. The molecule has 164 valence electrons. The monoisotopic (exact) mass is 576 g/mol. The van der Waals surface area contributed by atoms with E-state index in [4.69, 9.17) is 0 Å². The Kier molecular flexibility index (Phi) is 7.78. The molecule has 5 heteroatoms. The third-order valence-electron chi connectivity index (χ3n) is 5.51. The second kappa shape index (κ2) is 10.8. The average Bonchev–Trinajstić information content (AvgIpc) is 2.85. The van der Waals surface area contributed by atoms with E-state index >= 15 is 0 Å². The van der Waals surface area contributed by atoms with Crippen LogP contribution in [-0.4, -0.2) is 25.8 Å². The molecule has 4 aromatic carbocycles. The van der Waals surface area contributed by atoms with Gasteiger partial charge >= 0.3 is 206 Å². The molecule has 0 fully saturated rings. The molecule has 2 nitrogen and oxygen atoms in total. The van der Waals surface area contributed by atoms with Gasteiger partial charge < -0.3 is 0 Å². The van der Waals surface area contributed by atoms with E-state index in [9.17, 15) is 9.59 Å². The molecule has 0 aliphatic rings.